The largest absolute Gasteiger partial charge is 0.314 e. The fraction of sp³-hybridized carbons (Fsp3) is 0.625. The summed E-state index contributed by atoms with van der Waals surface area (Å²) in [6.45, 7) is 3.20. The summed E-state index contributed by atoms with van der Waals surface area (Å²) in [5.74, 6) is 0.809. The zero-order valence-electron chi connectivity index (χ0n) is 12.7. The fourth-order valence-electron chi connectivity index (χ4n) is 3.09. The molecule has 1 aliphatic rings. The number of hydrogen-bond donors (Lipinski definition) is 2. The van der Waals surface area contributed by atoms with Crippen LogP contribution in [0.5, 0.6) is 0 Å². The second-order valence-corrected chi connectivity index (χ2v) is 7.64. The molecule has 0 amide bonds. The van der Waals surface area contributed by atoms with Gasteiger partial charge in [0.1, 0.15) is 0 Å². The van der Waals surface area contributed by atoms with Crippen LogP contribution in [0.3, 0.4) is 0 Å². The van der Waals surface area contributed by atoms with E-state index >= 15 is 0 Å². The van der Waals surface area contributed by atoms with E-state index in [-0.39, 0.29) is 4.90 Å². The van der Waals surface area contributed by atoms with Crippen molar-refractivity contribution in [2.24, 2.45) is 11.1 Å². The lowest BCUT2D eigenvalue weighted by molar-refractivity contribution is 0.283. The van der Waals surface area contributed by atoms with E-state index in [9.17, 15) is 8.42 Å². The maximum atomic E-state index is 11.2. The quantitative estimate of drug-likeness (QED) is 0.847. The van der Waals surface area contributed by atoms with E-state index < -0.39 is 10.0 Å². The van der Waals surface area contributed by atoms with Gasteiger partial charge < -0.3 is 5.32 Å². The normalized spacial score (nSPS) is 18.6. The number of benzene rings is 1. The number of nitrogens with one attached hydrogen (secondary N) is 1. The highest BCUT2D eigenvalue weighted by molar-refractivity contribution is 7.89. The van der Waals surface area contributed by atoms with Crippen LogP contribution >= 0.6 is 0 Å². The van der Waals surface area contributed by atoms with Crippen molar-refractivity contribution in [2.75, 3.05) is 6.54 Å². The third-order valence-corrected chi connectivity index (χ3v) is 5.42. The van der Waals surface area contributed by atoms with Gasteiger partial charge in [0.2, 0.25) is 10.0 Å². The van der Waals surface area contributed by atoms with E-state index in [1.807, 2.05) is 12.1 Å². The molecule has 1 saturated carbocycles. The van der Waals surface area contributed by atoms with Gasteiger partial charge in [-0.3, -0.25) is 0 Å². The Bertz CT molecular complexity index is 534. The van der Waals surface area contributed by atoms with Crippen LogP contribution in [0, 0.1) is 5.92 Å². The first-order chi connectivity index (χ1) is 9.97. The van der Waals surface area contributed by atoms with Crippen molar-refractivity contribution in [1.82, 2.24) is 5.32 Å². The van der Waals surface area contributed by atoms with Crippen molar-refractivity contribution >= 4 is 10.0 Å². The van der Waals surface area contributed by atoms with Crippen molar-refractivity contribution in [3.8, 4) is 0 Å². The third kappa shape index (κ3) is 5.09. The van der Waals surface area contributed by atoms with Gasteiger partial charge in [-0.05, 0) is 56.3 Å². The molecular weight excluding hydrogens is 284 g/mol. The lowest BCUT2D eigenvalue weighted by Gasteiger charge is -2.28. The van der Waals surface area contributed by atoms with E-state index in [0.717, 1.165) is 24.4 Å². The highest BCUT2D eigenvalue weighted by Gasteiger charge is 2.19. The first-order valence-corrected chi connectivity index (χ1v) is 9.36. The number of nitrogens with two attached hydrogens (primary N) is 1. The molecule has 0 saturated heterocycles. The Hall–Kier alpha value is -0.910. The molecule has 0 spiro atoms. The number of rotatable bonds is 6. The van der Waals surface area contributed by atoms with Crippen LogP contribution in [0.2, 0.25) is 0 Å². The number of sulfonamides is 1. The molecule has 0 aliphatic heterocycles. The Morgan fingerprint density at radius 3 is 2.38 bits per heavy atom. The van der Waals surface area contributed by atoms with Crippen LogP contribution in [0.4, 0.5) is 0 Å². The van der Waals surface area contributed by atoms with Crippen LogP contribution in [0.1, 0.15) is 44.6 Å². The van der Waals surface area contributed by atoms with Gasteiger partial charge in [0.15, 0.2) is 0 Å². The predicted octanol–water partition coefficient (Wildman–Crippen LogP) is 2.43. The van der Waals surface area contributed by atoms with Crippen molar-refractivity contribution in [3.63, 3.8) is 0 Å². The van der Waals surface area contributed by atoms with Crippen molar-refractivity contribution in [1.29, 1.82) is 0 Å². The van der Waals surface area contributed by atoms with Crippen molar-refractivity contribution in [3.05, 3.63) is 29.8 Å². The molecule has 1 aromatic carbocycles. The average Bonchev–Trinajstić information content (AvgIpc) is 2.47. The predicted molar refractivity (Wildman–Crippen MR) is 85.6 cm³/mol. The van der Waals surface area contributed by atoms with Gasteiger partial charge in [-0.1, -0.05) is 31.4 Å². The molecule has 21 heavy (non-hydrogen) atoms. The number of primary sulfonamides is 1. The fourth-order valence-corrected chi connectivity index (χ4v) is 3.61. The minimum absolute atomic E-state index is 0.176. The number of hydrogen-bond acceptors (Lipinski definition) is 3. The van der Waals surface area contributed by atoms with Gasteiger partial charge in [0, 0.05) is 6.04 Å². The molecule has 0 bridgehead atoms. The highest BCUT2D eigenvalue weighted by atomic mass is 32.2. The molecular formula is C16H26N2O2S. The summed E-state index contributed by atoms with van der Waals surface area (Å²) in [6, 6.07) is 7.40. The Morgan fingerprint density at radius 1 is 1.19 bits per heavy atom. The molecule has 3 N–H and O–H groups in total. The Balaban J connectivity index is 1.78. The monoisotopic (exact) mass is 310 g/mol. The maximum absolute atomic E-state index is 11.2. The lowest BCUT2D eigenvalue weighted by atomic mass is 9.84. The smallest absolute Gasteiger partial charge is 0.238 e. The zero-order valence-corrected chi connectivity index (χ0v) is 13.5. The summed E-state index contributed by atoms with van der Waals surface area (Å²) in [4.78, 5) is 0.176. The molecule has 1 aromatic rings. The summed E-state index contributed by atoms with van der Waals surface area (Å²) < 4.78 is 22.4. The molecule has 0 radical (unpaired) electrons. The molecule has 0 heterocycles. The van der Waals surface area contributed by atoms with E-state index in [2.05, 4.69) is 12.2 Å². The summed E-state index contributed by atoms with van der Waals surface area (Å²) >= 11 is 0. The second kappa shape index (κ2) is 7.38. The summed E-state index contributed by atoms with van der Waals surface area (Å²) in [7, 11) is -3.58. The molecule has 2 rings (SSSR count). The average molecular weight is 310 g/mol. The van der Waals surface area contributed by atoms with Crippen LogP contribution in [-0.4, -0.2) is 21.0 Å². The van der Waals surface area contributed by atoms with Crippen LogP contribution < -0.4 is 10.5 Å². The molecule has 4 nitrogen and oxygen atoms in total. The molecule has 1 fully saturated rings. The topological polar surface area (TPSA) is 72.2 Å². The zero-order chi connectivity index (χ0) is 15.3. The van der Waals surface area contributed by atoms with Crippen LogP contribution in [-0.2, 0) is 16.4 Å². The molecule has 0 aromatic heterocycles. The first kappa shape index (κ1) is 16.5. The van der Waals surface area contributed by atoms with E-state index in [1.54, 1.807) is 12.1 Å². The Labute approximate surface area is 128 Å². The molecule has 1 atom stereocenters. The third-order valence-electron chi connectivity index (χ3n) is 4.49. The molecule has 1 unspecified atom stereocenters. The van der Waals surface area contributed by atoms with E-state index in [0.29, 0.717) is 6.04 Å². The summed E-state index contributed by atoms with van der Waals surface area (Å²) in [6.07, 6.45) is 7.72. The van der Waals surface area contributed by atoms with Gasteiger partial charge in [-0.15, -0.1) is 0 Å². The molecule has 1 aliphatic carbocycles. The maximum Gasteiger partial charge on any atom is 0.238 e. The van der Waals surface area contributed by atoms with Gasteiger partial charge in [-0.25, -0.2) is 13.6 Å². The summed E-state index contributed by atoms with van der Waals surface area (Å²) in [5, 5.41) is 8.69. The van der Waals surface area contributed by atoms with Gasteiger partial charge in [0.25, 0.3) is 0 Å². The molecule has 5 heteroatoms. The van der Waals surface area contributed by atoms with E-state index in [1.165, 1.54) is 32.1 Å². The standard InChI is InChI=1S/C16H26N2O2S/c1-13(15-5-3-2-4-6-15)18-12-11-14-7-9-16(10-8-14)21(17,19)20/h7-10,13,15,18H,2-6,11-12H2,1H3,(H2,17,19,20). The second-order valence-electron chi connectivity index (χ2n) is 6.08. The van der Waals surface area contributed by atoms with Crippen molar-refractivity contribution in [2.45, 2.75) is 56.4 Å². The van der Waals surface area contributed by atoms with Crippen LogP contribution in [0.15, 0.2) is 29.2 Å². The molecule has 118 valence electrons. The van der Waals surface area contributed by atoms with Crippen LogP contribution in [0.25, 0.3) is 0 Å². The van der Waals surface area contributed by atoms with Gasteiger partial charge >= 0.3 is 0 Å². The van der Waals surface area contributed by atoms with Crippen molar-refractivity contribution < 1.29 is 8.42 Å². The minimum atomic E-state index is -3.58. The van der Waals surface area contributed by atoms with Gasteiger partial charge in [-0.2, -0.15) is 0 Å². The highest BCUT2D eigenvalue weighted by Crippen LogP contribution is 2.26. The van der Waals surface area contributed by atoms with Gasteiger partial charge in [0.05, 0.1) is 4.90 Å². The lowest BCUT2D eigenvalue weighted by Crippen LogP contribution is -2.35. The Morgan fingerprint density at radius 2 is 1.81 bits per heavy atom. The summed E-state index contributed by atoms with van der Waals surface area (Å²) in [5.41, 5.74) is 1.13. The SMILES string of the molecule is CC(NCCc1ccc(S(N)(=O)=O)cc1)C1CCCCC1. The van der Waals surface area contributed by atoms with E-state index in [4.69, 9.17) is 5.14 Å². The first-order valence-electron chi connectivity index (χ1n) is 7.82. The Kier molecular flexibility index (Phi) is 5.79. The minimum Gasteiger partial charge on any atom is -0.314 e.